The molecule has 20 heavy (non-hydrogen) atoms. The molecule has 106 valence electrons. The number of rotatable bonds is 4. The zero-order chi connectivity index (χ0) is 14.1. The third kappa shape index (κ3) is 2.25. The van der Waals surface area contributed by atoms with Crippen LogP contribution in [0.5, 0.6) is 0 Å². The van der Waals surface area contributed by atoms with Gasteiger partial charge in [0.05, 0.1) is 37.4 Å². The lowest BCUT2D eigenvalue weighted by Crippen LogP contribution is -2.31. The van der Waals surface area contributed by atoms with Crippen molar-refractivity contribution in [3.63, 3.8) is 0 Å². The number of alkyl halides is 1. The first kappa shape index (κ1) is 13.3. The lowest BCUT2D eigenvalue weighted by atomic mass is 10.2. The molecule has 0 bridgehead atoms. The van der Waals surface area contributed by atoms with Gasteiger partial charge in [-0.1, -0.05) is 0 Å². The van der Waals surface area contributed by atoms with Crippen molar-refractivity contribution in [3.05, 3.63) is 23.8 Å². The minimum absolute atomic E-state index is 0.184. The first-order valence-corrected chi connectivity index (χ1v) is 6.87. The smallest absolute Gasteiger partial charge is 0.356 e. The average Bonchev–Trinajstić information content (AvgIpc) is 2.78. The summed E-state index contributed by atoms with van der Waals surface area (Å²) in [6.45, 7) is 1.48. The van der Waals surface area contributed by atoms with Gasteiger partial charge in [0, 0.05) is 6.61 Å². The summed E-state index contributed by atoms with van der Waals surface area (Å²) in [5.74, 6) is 0.586. The van der Waals surface area contributed by atoms with Crippen molar-refractivity contribution in [1.29, 1.82) is 0 Å². The molecule has 0 spiro atoms. The summed E-state index contributed by atoms with van der Waals surface area (Å²) in [7, 11) is 1.33. The second kappa shape index (κ2) is 5.38. The highest BCUT2D eigenvalue weighted by Crippen LogP contribution is 2.22. The van der Waals surface area contributed by atoms with Crippen LogP contribution in [0.3, 0.4) is 0 Å². The highest BCUT2D eigenvalue weighted by molar-refractivity contribution is 6.16. The van der Waals surface area contributed by atoms with Gasteiger partial charge < -0.3 is 14.0 Å². The van der Waals surface area contributed by atoms with E-state index in [1.165, 1.54) is 7.11 Å². The Kier molecular flexibility index (Phi) is 3.58. The number of hydrogen-bond donors (Lipinski definition) is 0. The van der Waals surface area contributed by atoms with E-state index in [4.69, 9.17) is 16.3 Å². The number of aromatic nitrogens is 3. The van der Waals surface area contributed by atoms with E-state index >= 15 is 0 Å². The molecule has 1 aliphatic rings. The summed E-state index contributed by atoms with van der Waals surface area (Å²) in [4.78, 5) is 20.1. The van der Waals surface area contributed by atoms with Crippen LogP contribution in [0.25, 0.3) is 11.0 Å². The van der Waals surface area contributed by atoms with E-state index in [1.807, 2.05) is 4.57 Å². The Morgan fingerprint density at radius 3 is 3.05 bits per heavy atom. The molecule has 1 aliphatic heterocycles. The second-order valence-electron chi connectivity index (χ2n) is 4.60. The van der Waals surface area contributed by atoms with E-state index < -0.39 is 5.97 Å². The van der Waals surface area contributed by atoms with Gasteiger partial charge in [-0.15, -0.1) is 11.6 Å². The maximum Gasteiger partial charge on any atom is 0.356 e. The SMILES string of the molecule is COC(=O)c1cc2c(cn1)nc(CCl)n2C[C@@H]1CCO1. The first-order valence-electron chi connectivity index (χ1n) is 6.34. The van der Waals surface area contributed by atoms with Gasteiger partial charge in [0.2, 0.25) is 0 Å². The van der Waals surface area contributed by atoms with Crippen molar-refractivity contribution in [2.24, 2.45) is 0 Å². The molecule has 0 aromatic carbocycles. The molecule has 0 aliphatic carbocycles. The minimum Gasteiger partial charge on any atom is -0.464 e. The molecule has 3 rings (SSSR count). The van der Waals surface area contributed by atoms with E-state index in [0.717, 1.165) is 24.4 Å². The minimum atomic E-state index is -0.466. The zero-order valence-electron chi connectivity index (χ0n) is 11.0. The van der Waals surface area contributed by atoms with Crippen molar-refractivity contribution in [3.8, 4) is 0 Å². The van der Waals surface area contributed by atoms with Crippen LogP contribution in [0, 0.1) is 0 Å². The fourth-order valence-corrected chi connectivity index (χ4v) is 2.44. The summed E-state index contributed by atoms with van der Waals surface area (Å²) in [6, 6.07) is 1.68. The Bertz CT molecular complexity index is 652. The number of halogens is 1. The number of pyridine rings is 1. The molecule has 2 aromatic rings. The maximum atomic E-state index is 11.6. The third-order valence-corrected chi connectivity index (χ3v) is 3.65. The number of hydrogen-bond acceptors (Lipinski definition) is 5. The van der Waals surface area contributed by atoms with Crippen LogP contribution in [0.4, 0.5) is 0 Å². The zero-order valence-corrected chi connectivity index (χ0v) is 11.8. The van der Waals surface area contributed by atoms with Gasteiger partial charge in [0.1, 0.15) is 11.3 Å². The molecule has 1 fully saturated rings. The van der Waals surface area contributed by atoms with Crippen molar-refractivity contribution in [2.75, 3.05) is 13.7 Å². The summed E-state index contributed by atoms with van der Waals surface area (Å²) < 4.78 is 12.1. The van der Waals surface area contributed by atoms with Crippen LogP contribution < -0.4 is 0 Å². The lowest BCUT2D eigenvalue weighted by Gasteiger charge is -2.27. The fourth-order valence-electron chi connectivity index (χ4n) is 2.23. The quantitative estimate of drug-likeness (QED) is 0.635. The topological polar surface area (TPSA) is 66.2 Å². The van der Waals surface area contributed by atoms with Crippen LogP contribution >= 0.6 is 11.6 Å². The monoisotopic (exact) mass is 295 g/mol. The highest BCUT2D eigenvalue weighted by atomic mass is 35.5. The third-order valence-electron chi connectivity index (χ3n) is 3.41. The van der Waals surface area contributed by atoms with Crippen molar-refractivity contribution in [2.45, 2.75) is 24.9 Å². The van der Waals surface area contributed by atoms with Gasteiger partial charge >= 0.3 is 5.97 Å². The van der Waals surface area contributed by atoms with Gasteiger partial charge in [0.15, 0.2) is 5.69 Å². The fraction of sp³-hybridized carbons (Fsp3) is 0.462. The van der Waals surface area contributed by atoms with Crippen LogP contribution in [0.1, 0.15) is 22.7 Å². The molecule has 6 nitrogen and oxygen atoms in total. The number of esters is 1. The van der Waals surface area contributed by atoms with Crippen molar-refractivity contribution >= 4 is 28.6 Å². The van der Waals surface area contributed by atoms with Gasteiger partial charge in [-0.3, -0.25) is 0 Å². The van der Waals surface area contributed by atoms with E-state index in [9.17, 15) is 4.79 Å². The average molecular weight is 296 g/mol. The Hall–Kier alpha value is -1.66. The molecule has 7 heteroatoms. The van der Waals surface area contributed by atoms with Crippen LogP contribution in [-0.4, -0.2) is 40.3 Å². The number of carbonyl (C=O) groups excluding carboxylic acids is 1. The Morgan fingerprint density at radius 2 is 2.45 bits per heavy atom. The molecule has 0 saturated carbocycles. The molecule has 0 radical (unpaired) electrons. The number of nitrogens with zero attached hydrogens (tertiary/aromatic N) is 3. The van der Waals surface area contributed by atoms with E-state index in [1.54, 1.807) is 12.3 Å². The van der Waals surface area contributed by atoms with Gasteiger partial charge in [-0.25, -0.2) is 14.8 Å². The van der Waals surface area contributed by atoms with Crippen LogP contribution in [0.2, 0.25) is 0 Å². The molecule has 1 saturated heterocycles. The summed E-state index contributed by atoms with van der Waals surface area (Å²) >= 11 is 5.94. The second-order valence-corrected chi connectivity index (χ2v) is 4.87. The molecule has 2 aromatic heterocycles. The molecule has 0 unspecified atom stereocenters. The standard InChI is InChI=1S/C13H14ClN3O3/c1-19-13(18)9-4-11-10(6-15-9)16-12(5-14)17(11)7-8-2-3-20-8/h4,6,8H,2-3,5,7H2,1H3/t8-/m0/s1. The van der Waals surface area contributed by atoms with Gasteiger partial charge in [-0.2, -0.15) is 0 Å². The van der Waals surface area contributed by atoms with Crippen molar-refractivity contribution < 1.29 is 14.3 Å². The van der Waals surface area contributed by atoms with Crippen molar-refractivity contribution in [1.82, 2.24) is 14.5 Å². The first-order chi connectivity index (χ1) is 9.72. The summed E-state index contributed by atoms with van der Waals surface area (Å²) in [5.41, 5.74) is 1.80. The number of imidazole rings is 1. The largest absolute Gasteiger partial charge is 0.464 e. The summed E-state index contributed by atoms with van der Waals surface area (Å²) in [6.07, 6.45) is 2.77. The number of ether oxygens (including phenoxy) is 2. The molecule has 1 atom stereocenters. The lowest BCUT2D eigenvalue weighted by molar-refractivity contribution is -0.0589. The Morgan fingerprint density at radius 1 is 1.65 bits per heavy atom. The Labute approximate surface area is 120 Å². The molecule has 3 heterocycles. The predicted octanol–water partition coefficient (Wildman–Crippen LogP) is 1.75. The molecular formula is C13H14ClN3O3. The van der Waals surface area contributed by atoms with Gasteiger partial charge in [-0.05, 0) is 12.5 Å². The molecular weight excluding hydrogens is 282 g/mol. The van der Waals surface area contributed by atoms with Crippen LogP contribution in [-0.2, 0) is 21.9 Å². The van der Waals surface area contributed by atoms with Crippen LogP contribution in [0.15, 0.2) is 12.3 Å². The highest BCUT2D eigenvalue weighted by Gasteiger charge is 2.22. The van der Waals surface area contributed by atoms with E-state index in [0.29, 0.717) is 17.9 Å². The number of fused-ring (bicyclic) bond motifs is 1. The predicted molar refractivity (Wildman–Crippen MR) is 72.8 cm³/mol. The molecule has 0 amide bonds. The Balaban J connectivity index is 2.05. The van der Waals surface area contributed by atoms with Gasteiger partial charge in [0.25, 0.3) is 0 Å². The molecule has 0 N–H and O–H groups in total. The van der Waals surface area contributed by atoms with E-state index in [2.05, 4.69) is 14.7 Å². The normalized spacial score (nSPS) is 18.0. The maximum absolute atomic E-state index is 11.6. The summed E-state index contributed by atoms with van der Waals surface area (Å²) in [5, 5.41) is 0. The number of carbonyl (C=O) groups is 1. The van der Waals surface area contributed by atoms with E-state index in [-0.39, 0.29) is 11.8 Å². The number of methoxy groups -OCH3 is 1.